The highest BCUT2D eigenvalue weighted by atomic mass is 16.5. The van der Waals surface area contributed by atoms with E-state index in [1.165, 1.54) is 6.92 Å². The van der Waals surface area contributed by atoms with Gasteiger partial charge in [-0.15, -0.1) is 0 Å². The summed E-state index contributed by atoms with van der Waals surface area (Å²) in [4.78, 5) is 14.0. The standard InChI is InChI=1S/C17H22N2O2/c1-13(20)15-4-3-5-16(17(15)12-18)14-6-8-19(9-7-14)10-11-21-2/h3-5,14H,6-11H2,1-2H3. The van der Waals surface area contributed by atoms with Gasteiger partial charge in [-0.05, 0) is 44.3 Å². The van der Waals surface area contributed by atoms with Crippen molar-refractivity contribution in [1.29, 1.82) is 5.26 Å². The number of methoxy groups -OCH3 is 1. The number of nitrogens with zero attached hydrogens (tertiary/aromatic N) is 2. The molecule has 0 aliphatic carbocycles. The fourth-order valence-electron chi connectivity index (χ4n) is 3.02. The molecule has 1 fully saturated rings. The summed E-state index contributed by atoms with van der Waals surface area (Å²) in [5, 5.41) is 9.42. The molecule has 1 aliphatic rings. The lowest BCUT2D eigenvalue weighted by molar-refractivity contribution is 0.101. The predicted octanol–water partition coefficient (Wildman–Crippen LogP) is 2.59. The van der Waals surface area contributed by atoms with E-state index in [0.29, 0.717) is 17.0 Å². The van der Waals surface area contributed by atoms with Gasteiger partial charge in [0.05, 0.1) is 12.2 Å². The van der Waals surface area contributed by atoms with Gasteiger partial charge in [0.1, 0.15) is 6.07 Å². The van der Waals surface area contributed by atoms with Crippen LogP contribution in [0.2, 0.25) is 0 Å². The van der Waals surface area contributed by atoms with Crippen LogP contribution in [0.5, 0.6) is 0 Å². The van der Waals surface area contributed by atoms with Crippen molar-refractivity contribution in [3.05, 3.63) is 34.9 Å². The maximum atomic E-state index is 11.7. The first-order valence-corrected chi connectivity index (χ1v) is 7.42. The van der Waals surface area contributed by atoms with Gasteiger partial charge in [-0.25, -0.2) is 0 Å². The molecule has 1 heterocycles. The maximum Gasteiger partial charge on any atom is 0.161 e. The first kappa shape index (κ1) is 15.7. The van der Waals surface area contributed by atoms with Gasteiger partial charge in [-0.2, -0.15) is 5.26 Å². The van der Waals surface area contributed by atoms with Crippen LogP contribution in [0.1, 0.15) is 47.2 Å². The van der Waals surface area contributed by atoms with Crippen molar-refractivity contribution < 1.29 is 9.53 Å². The van der Waals surface area contributed by atoms with Gasteiger partial charge < -0.3 is 9.64 Å². The largest absolute Gasteiger partial charge is 0.383 e. The van der Waals surface area contributed by atoms with Gasteiger partial charge in [-0.1, -0.05) is 18.2 Å². The van der Waals surface area contributed by atoms with E-state index in [0.717, 1.165) is 44.6 Å². The quantitative estimate of drug-likeness (QED) is 0.781. The van der Waals surface area contributed by atoms with E-state index in [2.05, 4.69) is 11.0 Å². The zero-order valence-corrected chi connectivity index (χ0v) is 12.8. The fraction of sp³-hybridized carbons (Fsp3) is 0.529. The van der Waals surface area contributed by atoms with Crippen LogP contribution in [-0.4, -0.2) is 44.0 Å². The summed E-state index contributed by atoms with van der Waals surface area (Å²) in [6, 6.07) is 7.88. The van der Waals surface area contributed by atoms with Crippen LogP contribution in [0.15, 0.2) is 18.2 Å². The molecule has 1 aromatic carbocycles. The number of hydrogen-bond acceptors (Lipinski definition) is 4. The zero-order valence-electron chi connectivity index (χ0n) is 12.8. The van der Waals surface area contributed by atoms with Crippen molar-refractivity contribution in [2.75, 3.05) is 33.4 Å². The predicted molar refractivity (Wildman–Crippen MR) is 81.5 cm³/mol. The number of nitriles is 1. The average Bonchev–Trinajstić information content (AvgIpc) is 2.52. The first-order chi connectivity index (χ1) is 10.2. The molecular weight excluding hydrogens is 264 g/mol. The van der Waals surface area contributed by atoms with Gasteiger partial charge in [0.2, 0.25) is 0 Å². The molecule has 0 aromatic heterocycles. The topological polar surface area (TPSA) is 53.3 Å². The van der Waals surface area contributed by atoms with Crippen LogP contribution in [0, 0.1) is 11.3 Å². The Labute approximate surface area is 126 Å². The maximum absolute atomic E-state index is 11.7. The molecule has 0 N–H and O–H groups in total. The van der Waals surface area contributed by atoms with E-state index in [1.54, 1.807) is 13.2 Å². The second-order valence-electron chi connectivity index (χ2n) is 5.55. The number of rotatable bonds is 5. The van der Waals surface area contributed by atoms with Crippen molar-refractivity contribution >= 4 is 5.78 Å². The third-order valence-corrected chi connectivity index (χ3v) is 4.23. The molecule has 0 unspecified atom stereocenters. The number of likely N-dealkylation sites (tertiary alicyclic amines) is 1. The Morgan fingerprint density at radius 2 is 2.14 bits per heavy atom. The fourth-order valence-corrected chi connectivity index (χ4v) is 3.02. The minimum absolute atomic E-state index is 0.0362. The average molecular weight is 286 g/mol. The Morgan fingerprint density at radius 3 is 2.71 bits per heavy atom. The number of carbonyl (C=O) groups excluding carboxylic acids is 1. The molecule has 1 aromatic rings. The van der Waals surface area contributed by atoms with Crippen LogP contribution in [0.3, 0.4) is 0 Å². The minimum Gasteiger partial charge on any atom is -0.383 e. The second-order valence-corrected chi connectivity index (χ2v) is 5.55. The molecule has 0 radical (unpaired) electrons. The Hall–Kier alpha value is -1.70. The monoisotopic (exact) mass is 286 g/mol. The number of benzene rings is 1. The van der Waals surface area contributed by atoms with Crippen molar-refractivity contribution in [2.45, 2.75) is 25.7 Å². The number of hydrogen-bond donors (Lipinski definition) is 0. The summed E-state index contributed by atoms with van der Waals surface area (Å²) >= 11 is 0. The lowest BCUT2D eigenvalue weighted by Gasteiger charge is -2.32. The Bertz CT molecular complexity index is 540. The van der Waals surface area contributed by atoms with Gasteiger partial charge in [0.25, 0.3) is 0 Å². The molecule has 4 heteroatoms. The molecule has 0 saturated carbocycles. The van der Waals surface area contributed by atoms with Crippen LogP contribution >= 0.6 is 0 Å². The smallest absolute Gasteiger partial charge is 0.161 e. The summed E-state index contributed by atoms with van der Waals surface area (Å²) in [6.45, 7) is 5.27. The molecule has 1 saturated heterocycles. The lowest BCUT2D eigenvalue weighted by Crippen LogP contribution is -2.35. The van der Waals surface area contributed by atoms with E-state index >= 15 is 0 Å². The summed E-state index contributed by atoms with van der Waals surface area (Å²) in [5.74, 6) is 0.337. The van der Waals surface area contributed by atoms with Crippen LogP contribution in [-0.2, 0) is 4.74 Å². The highest BCUT2D eigenvalue weighted by Crippen LogP contribution is 2.31. The molecule has 4 nitrogen and oxygen atoms in total. The third kappa shape index (κ3) is 3.69. The first-order valence-electron chi connectivity index (χ1n) is 7.42. The molecule has 0 atom stereocenters. The Kier molecular flexibility index (Phi) is 5.49. The lowest BCUT2D eigenvalue weighted by atomic mass is 9.84. The molecule has 0 amide bonds. The Balaban J connectivity index is 2.12. The van der Waals surface area contributed by atoms with Crippen LogP contribution in [0.4, 0.5) is 0 Å². The highest BCUT2D eigenvalue weighted by molar-refractivity contribution is 5.96. The number of piperidine rings is 1. The van der Waals surface area contributed by atoms with E-state index in [4.69, 9.17) is 4.74 Å². The van der Waals surface area contributed by atoms with E-state index in [-0.39, 0.29) is 5.78 Å². The summed E-state index contributed by atoms with van der Waals surface area (Å²) in [7, 11) is 1.72. The molecule has 112 valence electrons. The van der Waals surface area contributed by atoms with Crippen molar-refractivity contribution in [2.24, 2.45) is 0 Å². The van der Waals surface area contributed by atoms with E-state index < -0.39 is 0 Å². The normalized spacial score (nSPS) is 16.6. The second kappa shape index (κ2) is 7.35. The van der Waals surface area contributed by atoms with Crippen LogP contribution < -0.4 is 0 Å². The number of Topliss-reactive ketones (excluding diaryl/α,β-unsaturated/α-hetero) is 1. The van der Waals surface area contributed by atoms with Crippen LogP contribution in [0.25, 0.3) is 0 Å². The van der Waals surface area contributed by atoms with Crippen molar-refractivity contribution in [3.8, 4) is 6.07 Å². The molecule has 21 heavy (non-hydrogen) atoms. The van der Waals surface area contributed by atoms with E-state index in [9.17, 15) is 10.1 Å². The zero-order chi connectivity index (χ0) is 15.2. The van der Waals surface area contributed by atoms with E-state index in [1.807, 2.05) is 12.1 Å². The molecule has 0 spiro atoms. The molecule has 2 rings (SSSR count). The minimum atomic E-state index is -0.0362. The van der Waals surface area contributed by atoms with Gasteiger partial charge in [0.15, 0.2) is 5.78 Å². The number of ketones is 1. The summed E-state index contributed by atoms with van der Waals surface area (Å²) in [5.41, 5.74) is 2.16. The molecule has 0 bridgehead atoms. The summed E-state index contributed by atoms with van der Waals surface area (Å²) < 4.78 is 5.11. The molecule has 1 aliphatic heterocycles. The van der Waals surface area contributed by atoms with Gasteiger partial charge >= 0.3 is 0 Å². The Morgan fingerprint density at radius 1 is 1.43 bits per heavy atom. The van der Waals surface area contributed by atoms with Crippen molar-refractivity contribution in [3.63, 3.8) is 0 Å². The SMILES string of the molecule is COCCN1CCC(c2cccc(C(C)=O)c2C#N)CC1. The van der Waals surface area contributed by atoms with Gasteiger partial charge in [-0.3, -0.25) is 4.79 Å². The number of carbonyl (C=O) groups is 1. The number of ether oxygens (including phenoxy) is 1. The summed E-state index contributed by atoms with van der Waals surface area (Å²) in [6.07, 6.45) is 2.06. The van der Waals surface area contributed by atoms with Gasteiger partial charge in [0, 0.05) is 19.2 Å². The van der Waals surface area contributed by atoms with Crippen molar-refractivity contribution in [1.82, 2.24) is 4.90 Å². The molecular formula is C17H22N2O2. The third-order valence-electron chi connectivity index (χ3n) is 4.23. The highest BCUT2D eigenvalue weighted by Gasteiger charge is 2.24.